The first-order chi connectivity index (χ1) is 17.9. The predicted molar refractivity (Wildman–Crippen MR) is 136 cm³/mol. The number of amides is 2. The molecule has 38 heavy (non-hydrogen) atoms. The quantitative estimate of drug-likeness (QED) is 0.446. The van der Waals surface area contributed by atoms with E-state index < -0.39 is 33.7 Å². The number of sulfonamides is 1. The van der Waals surface area contributed by atoms with Gasteiger partial charge in [-0.25, -0.2) is 36.1 Å². The summed E-state index contributed by atoms with van der Waals surface area (Å²) in [6, 6.07) is 1.27. The number of fused-ring (bicyclic) bond motifs is 1. The smallest absolute Gasteiger partial charge is 0.319 e. The highest BCUT2D eigenvalue weighted by Gasteiger charge is 2.46. The molecule has 1 fully saturated rings. The van der Waals surface area contributed by atoms with Crippen molar-refractivity contribution < 1.29 is 26.4 Å². The van der Waals surface area contributed by atoms with Crippen LogP contribution in [0.25, 0.3) is 21.9 Å². The monoisotopic (exact) mass is 589 g/mol. The van der Waals surface area contributed by atoms with Gasteiger partial charge in [0.05, 0.1) is 16.0 Å². The molecular formula is C22H23ClF3N7O3S2. The molecule has 0 saturated heterocycles. The number of pyridine rings is 1. The van der Waals surface area contributed by atoms with Crippen LogP contribution in [0.15, 0.2) is 23.2 Å². The van der Waals surface area contributed by atoms with Gasteiger partial charge in [0.1, 0.15) is 6.67 Å². The Labute approximate surface area is 225 Å². The summed E-state index contributed by atoms with van der Waals surface area (Å²) < 4.78 is 70.4. The molecule has 4 heterocycles. The Morgan fingerprint density at radius 1 is 1.32 bits per heavy atom. The van der Waals surface area contributed by atoms with Gasteiger partial charge in [0.15, 0.2) is 21.0 Å². The van der Waals surface area contributed by atoms with Crippen LogP contribution in [0.3, 0.4) is 0 Å². The van der Waals surface area contributed by atoms with E-state index in [2.05, 4.69) is 19.9 Å². The molecule has 2 aliphatic rings. The first kappa shape index (κ1) is 26.8. The van der Waals surface area contributed by atoms with Gasteiger partial charge >= 0.3 is 6.03 Å². The van der Waals surface area contributed by atoms with Crippen molar-refractivity contribution in [3.63, 3.8) is 0 Å². The summed E-state index contributed by atoms with van der Waals surface area (Å²) in [4.78, 5) is 19.6. The molecule has 0 bridgehead atoms. The second kappa shape index (κ2) is 9.77. The summed E-state index contributed by atoms with van der Waals surface area (Å²) in [7, 11) is -0.887. The van der Waals surface area contributed by atoms with E-state index in [1.807, 2.05) is 0 Å². The van der Waals surface area contributed by atoms with Crippen molar-refractivity contribution in [2.45, 2.75) is 36.1 Å². The summed E-state index contributed by atoms with van der Waals surface area (Å²) in [6.45, 7) is -0.182. The number of hydrogen-bond donors (Lipinski definition) is 1. The van der Waals surface area contributed by atoms with Crippen LogP contribution in [0.1, 0.15) is 36.3 Å². The second-order valence-electron chi connectivity index (χ2n) is 9.40. The number of nitrogens with one attached hydrogen (secondary N) is 1. The van der Waals surface area contributed by atoms with Gasteiger partial charge in [-0.3, -0.25) is 4.40 Å². The van der Waals surface area contributed by atoms with Gasteiger partial charge in [-0.2, -0.15) is 0 Å². The van der Waals surface area contributed by atoms with E-state index in [4.69, 9.17) is 11.6 Å². The first-order valence-electron chi connectivity index (χ1n) is 11.5. The van der Waals surface area contributed by atoms with Gasteiger partial charge < -0.3 is 9.80 Å². The van der Waals surface area contributed by atoms with E-state index >= 15 is 0 Å². The summed E-state index contributed by atoms with van der Waals surface area (Å²) in [5.41, 5.74) is 0.378. The number of urea groups is 1. The Morgan fingerprint density at radius 3 is 2.61 bits per heavy atom. The molecular weight excluding hydrogens is 567 g/mol. The number of halogens is 4. The lowest BCUT2D eigenvalue weighted by molar-refractivity contribution is 0.150. The third-order valence-electron chi connectivity index (χ3n) is 6.46. The highest BCUT2D eigenvalue weighted by molar-refractivity contribution is 7.89. The van der Waals surface area contributed by atoms with Crippen LogP contribution in [-0.4, -0.2) is 83.2 Å². The van der Waals surface area contributed by atoms with Crippen LogP contribution in [0.5, 0.6) is 0 Å². The minimum absolute atomic E-state index is 0.0100. The summed E-state index contributed by atoms with van der Waals surface area (Å²) in [5, 5.41) is 6.82. The molecule has 0 aromatic carbocycles. The van der Waals surface area contributed by atoms with Gasteiger partial charge in [0.2, 0.25) is 10.0 Å². The van der Waals surface area contributed by atoms with Crippen molar-refractivity contribution in [3.8, 4) is 10.8 Å². The zero-order valence-electron chi connectivity index (χ0n) is 20.3. The lowest BCUT2D eigenvalue weighted by Crippen LogP contribution is -2.41. The molecule has 1 aliphatic carbocycles. The van der Waals surface area contributed by atoms with Gasteiger partial charge in [-0.1, -0.05) is 29.0 Å². The summed E-state index contributed by atoms with van der Waals surface area (Å²) in [6.07, 6.45) is 1.37. The Balaban J connectivity index is 1.66. The maximum atomic E-state index is 13.5. The third-order valence-corrected chi connectivity index (χ3v) is 9.20. The zero-order chi connectivity index (χ0) is 27.4. The number of alkyl halides is 3. The van der Waals surface area contributed by atoms with Gasteiger partial charge in [-0.15, -0.1) is 10.2 Å². The van der Waals surface area contributed by atoms with E-state index in [9.17, 15) is 26.4 Å². The third kappa shape index (κ3) is 4.87. The highest BCUT2D eigenvalue weighted by atomic mass is 35.5. The van der Waals surface area contributed by atoms with E-state index in [1.54, 1.807) is 25.1 Å². The van der Waals surface area contributed by atoms with Crippen LogP contribution in [-0.2, 0) is 10.0 Å². The maximum Gasteiger partial charge on any atom is 0.319 e. The molecule has 0 spiro atoms. The van der Waals surface area contributed by atoms with Gasteiger partial charge in [0.25, 0.3) is 6.43 Å². The molecule has 10 nitrogen and oxygen atoms in total. The number of nitrogens with zero attached hydrogens (tertiary/aromatic N) is 6. The van der Waals surface area contributed by atoms with Crippen LogP contribution >= 0.6 is 22.9 Å². The van der Waals surface area contributed by atoms with Crippen LogP contribution in [0.4, 0.5) is 18.0 Å². The normalized spacial score (nSPS) is 17.2. The van der Waals surface area contributed by atoms with E-state index in [0.29, 0.717) is 48.2 Å². The second-order valence-corrected chi connectivity index (χ2v) is 12.5. The van der Waals surface area contributed by atoms with Crippen molar-refractivity contribution in [1.82, 2.24) is 34.1 Å². The Kier molecular flexibility index (Phi) is 6.90. The molecule has 1 saturated carbocycles. The van der Waals surface area contributed by atoms with Crippen LogP contribution < -0.4 is 4.72 Å². The molecule has 1 aliphatic heterocycles. The largest absolute Gasteiger partial charge is 0.331 e. The van der Waals surface area contributed by atoms with Crippen molar-refractivity contribution in [2.75, 3.05) is 33.9 Å². The number of carbonyl (C=O) groups is 1. The molecule has 2 amide bonds. The molecule has 16 heteroatoms. The zero-order valence-corrected chi connectivity index (χ0v) is 22.7. The summed E-state index contributed by atoms with van der Waals surface area (Å²) in [5.74, 6) is 0.0418. The number of carbonyl (C=O) groups excluding carboxylic acids is 1. The van der Waals surface area contributed by atoms with E-state index in [0.717, 1.165) is 5.57 Å². The molecule has 1 N–H and O–H groups in total. The maximum absolute atomic E-state index is 13.5. The number of rotatable bonds is 7. The molecule has 0 unspecified atom stereocenters. The highest BCUT2D eigenvalue weighted by Crippen LogP contribution is 2.39. The fraction of sp³-hybridized carbons (Fsp3) is 0.455. The molecule has 0 radical (unpaired) electrons. The molecule has 0 atom stereocenters. The van der Waals surface area contributed by atoms with E-state index in [-0.39, 0.29) is 33.5 Å². The average molecular weight is 590 g/mol. The van der Waals surface area contributed by atoms with Crippen LogP contribution in [0.2, 0.25) is 5.15 Å². The SMILES string of the molecule is CN(C)C(=O)N1CC=C(c2cc(S(=O)(=O)NC3(CF)CC3)cn3c(-c4nnc(C(F)F)s4)nc(Cl)c23)CC1. The van der Waals surface area contributed by atoms with Crippen molar-refractivity contribution >= 4 is 50.1 Å². The topological polar surface area (TPSA) is 113 Å². The van der Waals surface area contributed by atoms with Crippen molar-refractivity contribution in [3.05, 3.63) is 34.1 Å². The number of hydrogen-bond acceptors (Lipinski definition) is 7. The average Bonchev–Trinajstić information content (AvgIpc) is 3.31. The summed E-state index contributed by atoms with van der Waals surface area (Å²) >= 11 is 7.13. The lowest BCUT2D eigenvalue weighted by atomic mass is 9.99. The lowest BCUT2D eigenvalue weighted by Gasteiger charge is -2.29. The van der Waals surface area contributed by atoms with Crippen LogP contribution in [0, 0.1) is 0 Å². The van der Waals surface area contributed by atoms with Crippen molar-refractivity contribution in [1.29, 1.82) is 0 Å². The predicted octanol–water partition coefficient (Wildman–Crippen LogP) is 3.99. The molecule has 3 aromatic heterocycles. The fourth-order valence-electron chi connectivity index (χ4n) is 4.23. The molecule has 5 rings (SSSR count). The Morgan fingerprint density at radius 2 is 2.05 bits per heavy atom. The number of imidazole rings is 1. The van der Waals surface area contributed by atoms with E-state index in [1.165, 1.54) is 21.6 Å². The minimum atomic E-state index is -4.19. The molecule has 204 valence electrons. The minimum Gasteiger partial charge on any atom is -0.331 e. The van der Waals surface area contributed by atoms with Gasteiger partial charge in [-0.05, 0) is 30.9 Å². The number of aromatic nitrogens is 4. The fourth-order valence-corrected chi connectivity index (χ4v) is 6.65. The standard InChI is InChI=1S/C22H23ClF3N7O3S2/c1-31(2)21(34)32-7-3-12(4-8-32)14-9-13(38(35,36)30-22(11-24)5-6-22)10-33-15(14)16(23)27-18(33)20-29-28-19(37-20)17(25)26/h3,9-10,17,30H,4-8,11H2,1-2H3. The Bertz CT molecular complexity index is 1550. The van der Waals surface area contributed by atoms with Crippen molar-refractivity contribution in [2.24, 2.45) is 0 Å². The van der Waals surface area contributed by atoms with Gasteiger partial charge in [0, 0.05) is 38.9 Å². The Hall–Kier alpha value is -2.75. The molecule has 3 aromatic rings. The first-order valence-corrected chi connectivity index (χ1v) is 14.2.